The molecule has 1 aromatic rings. The minimum atomic E-state index is -3.53. The van der Waals surface area contributed by atoms with Gasteiger partial charge in [-0.15, -0.1) is 0 Å². The van der Waals surface area contributed by atoms with Crippen molar-refractivity contribution in [3.63, 3.8) is 0 Å². The monoisotopic (exact) mass is 402 g/mol. The molecular weight excluding hydrogens is 374 g/mol. The number of hydrogen-bond donors (Lipinski definition) is 2. The molecule has 1 saturated heterocycles. The van der Waals surface area contributed by atoms with Crippen LogP contribution in [0.25, 0.3) is 0 Å². The molecule has 0 aliphatic carbocycles. The Morgan fingerprint density at radius 1 is 1.27 bits per heavy atom. The molecule has 1 atom stereocenters. The molecule has 1 aliphatic rings. The number of halogens is 1. The highest BCUT2D eigenvalue weighted by molar-refractivity contribution is 7.89. The topological polar surface area (TPSA) is 70.9 Å². The van der Waals surface area contributed by atoms with Crippen LogP contribution in [0, 0.1) is 11.8 Å². The lowest BCUT2D eigenvalue weighted by atomic mass is 9.97. The van der Waals surface area contributed by atoms with Gasteiger partial charge in [-0.25, -0.2) is 8.42 Å². The Hall–Kier alpha value is -1.15. The van der Waals surface area contributed by atoms with E-state index in [-0.39, 0.29) is 16.7 Å². The van der Waals surface area contributed by atoms with Crippen molar-refractivity contribution in [2.24, 2.45) is 11.8 Å². The summed E-state index contributed by atoms with van der Waals surface area (Å²) in [5, 5.41) is 3.52. The van der Waals surface area contributed by atoms with Crippen LogP contribution in [-0.2, 0) is 14.8 Å². The quantitative estimate of drug-likeness (QED) is 0.703. The van der Waals surface area contributed by atoms with Crippen LogP contribution in [-0.4, -0.2) is 58.9 Å². The second-order valence-electron chi connectivity index (χ2n) is 7.39. The molecule has 1 aliphatic heterocycles. The van der Waals surface area contributed by atoms with Crippen LogP contribution in [0.1, 0.15) is 19.8 Å². The molecule has 0 aromatic heterocycles. The van der Waals surface area contributed by atoms with Gasteiger partial charge in [-0.2, -0.15) is 4.31 Å². The third-order valence-electron chi connectivity index (χ3n) is 4.66. The fraction of sp³-hybridized carbons (Fsp3) is 0.611. The maximum atomic E-state index is 12.7. The summed E-state index contributed by atoms with van der Waals surface area (Å²) in [6, 6.07) is 6.19. The van der Waals surface area contributed by atoms with E-state index in [1.807, 2.05) is 0 Å². The molecule has 0 saturated carbocycles. The van der Waals surface area contributed by atoms with Crippen LogP contribution in [0.5, 0.6) is 0 Å². The summed E-state index contributed by atoms with van der Waals surface area (Å²) in [6.07, 6.45) is 1.10. The average molecular weight is 403 g/mol. The molecule has 6 nitrogen and oxygen atoms in total. The van der Waals surface area contributed by atoms with Gasteiger partial charge in [-0.3, -0.25) is 4.79 Å². The molecule has 1 fully saturated rings. The summed E-state index contributed by atoms with van der Waals surface area (Å²) >= 11 is 5.83. The minimum Gasteiger partial charge on any atom is -0.355 e. The number of quaternary nitrogens is 1. The van der Waals surface area contributed by atoms with Gasteiger partial charge in [-0.05, 0) is 37.1 Å². The number of amides is 1. The van der Waals surface area contributed by atoms with Gasteiger partial charge in [0.2, 0.25) is 15.9 Å². The van der Waals surface area contributed by atoms with Crippen molar-refractivity contribution in [2.75, 3.05) is 40.3 Å². The number of rotatable bonds is 7. The number of carbonyl (C=O) groups is 1. The zero-order valence-corrected chi connectivity index (χ0v) is 17.2. The summed E-state index contributed by atoms with van der Waals surface area (Å²) in [4.78, 5) is 13.9. The SMILES string of the molecule is C[C@@H](CNC(=O)C1CCN(S(=O)(=O)c2ccc(Cl)cc2)CC1)C[NH+](C)C. The Morgan fingerprint density at radius 3 is 2.38 bits per heavy atom. The standard InChI is InChI=1S/C18H28ClN3O3S/c1-14(13-21(2)3)12-20-18(23)15-8-10-22(11-9-15)26(24,25)17-6-4-16(19)5-7-17/h4-7,14-15H,8-13H2,1-3H3,(H,20,23)/p+1/t14-/m0/s1. The summed E-state index contributed by atoms with van der Waals surface area (Å²) < 4.78 is 26.8. The lowest BCUT2D eigenvalue weighted by Crippen LogP contribution is -3.06. The Kier molecular flexibility index (Phi) is 7.46. The third-order valence-corrected chi connectivity index (χ3v) is 6.82. The van der Waals surface area contributed by atoms with Gasteiger partial charge in [0.05, 0.1) is 25.5 Å². The first-order chi connectivity index (χ1) is 12.2. The first-order valence-corrected chi connectivity index (χ1v) is 10.8. The van der Waals surface area contributed by atoms with E-state index >= 15 is 0 Å². The largest absolute Gasteiger partial charge is 0.355 e. The van der Waals surface area contributed by atoms with Crippen molar-refractivity contribution in [1.82, 2.24) is 9.62 Å². The van der Waals surface area contributed by atoms with Gasteiger partial charge < -0.3 is 10.2 Å². The fourth-order valence-electron chi connectivity index (χ4n) is 3.30. The number of benzene rings is 1. The maximum absolute atomic E-state index is 12.7. The smallest absolute Gasteiger partial charge is 0.243 e. The Morgan fingerprint density at radius 2 is 1.85 bits per heavy atom. The number of nitrogens with one attached hydrogen (secondary N) is 2. The molecule has 146 valence electrons. The number of carbonyl (C=O) groups excluding carboxylic acids is 1. The van der Waals surface area contributed by atoms with E-state index in [1.54, 1.807) is 12.1 Å². The van der Waals surface area contributed by atoms with Crippen molar-refractivity contribution >= 4 is 27.5 Å². The number of hydrogen-bond acceptors (Lipinski definition) is 3. The first-order valence-electron chi connectivity index (χ1n) is 9.02. The van der Waals surface area contributed by atoms with Gasteiger partial charge in [0.1, 0.15) is 0 Å². The zero-order chi connectivity index (χ0) is 19.3. The van der Waals surface area contributed by atoms with E-state index in [4.69, 9.17) is 11.6 Å². The van der Waals surface area contributed by atoms with Crippen molar-refractivity contribution in [2.45, 2.75) is 24.7 Å². The molecule has 0 unspecified atom stereocenters. The maximum Gasteiger partial charge on any atom is 0.243 e. The molecule has 2 N–H and O–H groups in total. The molecular formula is C18H29ClN3O3S+. The number of sulfonamides is 1. The number of piperidine rings is 1. The Bertz CT molecular complexity index is 699. The van der Waals surface area contributed by atoms with Crippen LogP contribution in [0.4, 0.5) is 0 Å². The highest BCUT2D eigenvalue weighted by Gasteiger charge is 2.32. The number of nitrogens with zero attached hydrogens (tertiary/aromatic N) is 1. The van der Waals surface area contributed by atoms with Crippen molar-refractivity contribution < 1.29 is 18.1 Å². The first kappa shape index (κ1) is 21.2. The van der Waals surface area contributed by atoms with Crippen LogP contribution < -0.4 is 10.2 Å². The Labute approximate surface area is 161 Å². The molecule has 1 aromatic carbocycles. The van der Waals surface area contributed by atoms with E-state index in [0.29, 0.717) is 43.4 Å². The van der Waals surface area contributed by atoms with Crippen LogP contribution in [0.2, 0.25) is 5.02 Å². The predicted molar refractivity (Wildman–Crippen MR) is 103 cm³/mol. The van der Waals surface area contributed by atoms with Crippen LogP contribution in [0.3, 0.4) is 0 Å². The summed E-state index contributed by atoms with van der Waals surface area (Å²) in [7, 11) is 0.658. The van der Waals surface area contributed by atoms with E-state index < -0.39 is 10.0 Å². The van der Waals surface area contributed by atoms with Gasteiger partial charge in [0, 0.05) is 36.5 Å². The highest BCUT2D eigenvalue weighted by Crippen LogP contribution is 2.24. The molecule has 2 rings (SSSR count). The van der Waals surface area contributed by atoms with E-state index in [9.17, 15) is 13.2 Å². The van der Waals surface area contributed by atoms with Crippen LogP contribution in [0.15, 0.2) is 29.2 Å². The summed E-state index contributed by atoms with van der Waals surface area (Å²) in [5.74, 6) is 0.328. The van der Waals surface area contributed by atoms with E-state index in [0.717, 1.165) is 6.54 Å². The summed E-state index contributed by atoms with van der Waals surface area (Å²) in [5.41, 5.74) is 0. The average Bonchev–Trinajstić information content (AvgIpc) is 2.59. The third kappa shape index (κ3) is 5.67. The fourth-order valence-corrected chi connectivity index (χ4v) is 4.90. The normalized spacial score (nSPS) is 18.0. The van der Waals surface area contributed by atoms with Gasteiger partial charge in [-0.1, -0.05) is 18.5 Å². The van der Waals surface area contributed by atoms with Gasteiger partial charge in [0.25, 0.3) is 0 Å². The lowest BCUT2D eigenvalue weighted by molar-refractivity contribution is -0.861. The van der Waals surface area contributed by atoms with Crippen molar-refractivity contribution in [3.8, 4) is 0 Å². The minimum absolute atomic E-state index is 0.0362. The van der Waals surface area contributed by atoms with Crippen LogP contribution >= 0.6 is 11.6 Å². The molecule has 0 radical (unpaired) electrons. The van der Waals surface area contributed by atoms with Gasteiger partial charge in [0.15, 0.2) is 0 Å². The van der Waals surface area contributed by atoms with E-state index in [1.165, 1.54) is 21.3 Å². The van der Waals surface area contributed by atoms with E-state index in [2.05, 4.69) is 26.3 Å². The van der Waals surface area contributed by atoms with Gasteiger partial charge >= 0.3 is 0 Å². The molecule has 1 amide bonds. The van der Waals surface area contributed by atoms with Crippen molar-refractivity contribution in [1.29, 1.82) is 0 Å². The predicted octanol–water partition coefficient (Wildman–Crippen LogP) is 0.638. The second-order valence-corrected chi connectivity index (χ2v) is 9.77. The molecule has 1 heterocycles. The van der Waals surface area contributed by atoms with Crippen molar-refractivity contribution in [3.05, 3.63) is 29.3 Å². The zero-order valence-electron chi connectivity index (χ0n) is 15.7. The second kappa shape index (κ2) is 9.17. The molecule has 26 heavy (non-hydrogen) atoms. The highest BCUT2D eigenvalue weighted by atomic mass is 35.5. The summed E-state index contributed by atoms with van der Waals surface area (Å²) in [6.45, 7) is 4.50. The molecule has 0 spiro atoms. The molecule has 0 bridgehead atoms. The molecule has 8 heteroatoms. The Balaban J connectivity index is 1.86. The lowest BCUT2D eigenvalue weighted by Gasteiger charge is -2.30.